The quantitative estimate of drug-likeness (QED) is 0.843. The Morgan fingerprint density at radius 2 is 1.82 bits per heavy atom. The van der Waals surface area contributed by atoms with E-state index in [-0.39, 0.29) is 22.9 Å². The summed E-state index contributed by atoms with van der Waals surface area (Å²) in [4.78, 5) is 29.5. The van der Waals surface area contributed by atoms with Crippen molar-refractivity contribution in [1.29, 1.82) is 0 Å². The number of nitrogens with zero attached hydrogens (tertiary/aromatic N) is 3. The van der Waals surface area contributed by atoms with Crippen LogP contribution in [0.15, 0.2) is 28.8 Å². The first-order valence-electron chi connectivity index (χ1n) is 8.44. The molecule has 0 spiro atoms. The van der Waals surface area contributed by atoms with Crippen molar-refractivity contribution in [3.63, 3.8) is 0 Å². The normalized spacial score (nSPS) is 15.9. The van der Waals surface area contributed by atoms with Gasteiger partial charge < -0.3 is 19.5 Å². The van der Waals surface area contributed by atoms with E-state index >= 15 is 0 Å². The maximum Gasteiger partial charge on any atom is 0.471 e. The average Bonchev–Trinajstić information content (AvgIpc) is 3.19. The summed E-state index contributed by atoms with van der Waals surface area (Å²) in [6.07, 6.45) is -4.73. The fourth-order valence-electron chi connectivity index (χ4n) is 2.63. The standard InChI is InChI=1S/C17H17F3N4O4/c1-10(15(26)24-6-8-27-9-7-24)21-14(25)12-4-2-11(3-5-12)13-22-16(28-23-13)17(18,19)20/h2-5,10H,6-9H2,1H3,(H,21,25). The van der Waals surface area contributed by atoms with Crippen LogP contribution >= 0.6 is 0 Å². The van der Waals surface area contributed by atoms with Crippen molar-refractivity contribution in [1.82, 2.24) is 20.4 Å². The van der Waals surface area contributed by atoms with Gasteiger partial charge in [-0.2, -0.15) is 18.2 Å². The van der Waals surface area contributed by atoms with Crippen LogP contribution in [0.4, 0.5) is 13.2 Å². The van der Waals surface area contributed by atoms with Gasteiger partial charge in [0.1, 0.15) is 6.04 Å². The Morgan fingerprint density at radius 3 is 2.39 bits per heavy atom. The van der Waals surface area contributed by atoms with Crippen LogP contribution in [0, 0.1) is 0 Å². The molecule has 2 amide bonds. The number of hydrogen-bond donors (Lipinski definition) is 1. The summed E-state index contributed by atoms with van der Waals surface area (Å²) in [5.74, 6) is -2.38. The zero-order chi connectivity index (χ0) is 20.3. The summed E-state index contributed by atoms with van der Waals surface area (Å²) >= 11 is 0. The van der Waals surface area contributed by atoms with Crippen molar-refractivity contribution in [2.45, 2.75) is 19.1 Å². The number of ether oxygens (including phenoxy) is 1. The van der Waals surface area contributed by atoms with Crippen LogP contribution in [0.5, 0.6) is 0 Å². The van der Waals surface area contributed by atoms with Gasteiger partial charge in [0.15, 0.2) is 0 Å². The van der Waals surface area contributed by atoms with Gasteiger partial charge in [0.05, 0.1) is 13.2 Å². The van der Waals surface area contributed by atoms with Crippen LogP contribution in [-0.4, -0.2) is 59.2 Å². The highest BCUT2D eigenvalue weighted by Crippen LogP contribution is 2.29. The molecule has 1 aromatic heterocycles. The van der Waals surface area contributed by atoms with E-state index < -0.39 is 24.0 Å². The number of carbonyl (C=O) groups excluding carboxylic acids is 2. The molecule has 1 N–H and O–H groups in total. The predicted molar refractivity (Wildman–Crippen MR) is 89.1 cm³/mol. The SMILES string of the molecule is CC(NC(=O)c1ccc(-c2noc(C(F)(F)F)n2)cc1)C(=O)N1CCOCC1. The third kappa shape index (κ3) is 4.47. The van der Waals surface area contributed by atoms with Crippen LogP contribution in [-0.2, 0) is 15.7 Å². The maximum atomic E-state index is 12.5. The number of amides is 2. The summed E-state index contributed by atoms with van der Waals surface area (Å²) < 4.78 is 46.9. The summed E-state index contributed by atoms with van der Waals surface area (Å²) in [5, 5.41) is 5.89. The van der Waals surface area contributed by atoms with Crippen molar-refractivity contribution in [2.75, 3.05) is 26.3 Å². The molecule has 28 heavy (non-hydrogen) atoms. The lowest BCUT2D eigenvalue weighted by molar-refractivity contribution is -0.159. The molecule has 3 rings (SSSR count). The molecule has 0 saturated carbocycles. The molecular formula is C17H17F3N4O4. The third-order valence-corrected chi connectivity index (χ3v) is 4.11. The first-order valence-corrected chi connectivity index (χ1v) is 8.44. The number of halogens is 3. The average molecular weight is 398 g/mol. The zero-order valence-corrected chi connectivity index (χ0v) is 14.8. The van der Waals surface area contributed by atoms with Gasteiger partial charge in [-0.3, -0.25) is 9.59 Å². The van der Waals surface area contributed by atoms with E-state index in [0.29, 0.717) is 26.3 Å². The highest BCUT2D eigenvalue weighted by atomic mass is 19.4. The number of rotatable bonds is 4. The molecule has 2 aromatic rings. The van der Waals surface area contributed by atoms with E-state index in [9.17, 15) is 22.8 Å². The molecule has 1 aliphatic heterocycles. The Labute approximate surface area is 157 Å². The Hall–Kier alpha value is -2.95. The van der Waals surface area contributed by atoms with E-state index in [1.807, 2.05) is 0 Å². The van der Waals surface area contributed by atoms with Crippen LogP contribution in [0.1, 0.15) is 23.2 Å². The Bertz CT molecular complexity index is 845. The molecule has 2 heterocycles. The third-order valence-electron chi connectivity index (χ3n) is 4.11. The topological polar surface area (TPSA) is 97.6 Å². The van der Waals surface area contributed by atoms with E-state index in [2.05, 4.69) is 20.0 Å². The van der Waals surface area contributed by atoms with Gasteiger partial charge in [0.2, 0.25) is 11.7 Å². The predicted octanol–water partition coefficient (Wildman–Crippen LogP) is 1.73. The van der Waals surface area contributed by atoms with E-state index in [1.165, 1.54) is 24.3 Å². The second-order valence-corrected chi connectivity index (χ2v) is 6.13. The molecule has 0 radical (unpaired) electrons. The first-order chi connectivity index (χ1) is 13.3. The van der Waals surface area contributed by atoms with Gasteiger partial charge in [-0.05, 0) is 19.1 Å². The van der Waals surface area contributed by atoms with E-state index in [1.54, 1.807) is 11.8 Å². The number of morpholine rings is 1. The maximum absolute atomic E-state index is 12.5. The molecule has 1 aromatic carbocycles. The second kappa shape index (κ2) is 7.97. The number of hydrogen-bond acceptors (Lipinski definition) is 6. The van der Waals surface area contributed by atoms with Crippen LogP contribution in [0.25, 0.3) is 11.4 Å². The minimum Gasteiger partial charge on any atom is -0.378 e. The summed E-state index contributed by atoms with van der Waals surface area (Å²) in [6.45, 7) is 3.44. The van der Waals surface area contributed by atoms with Gasteiger partial charge in [0, 0.05) is 24.2 Å². The molecule has 1 aliphatic rings. The van der Waals surface area contributed by atoms with Crippen molar-refractivity contribution in [3.05, 3.63) is 35.7 Å². The van der Waals surface area contributed by atoms with Crippen molar-refractivity contribution >= 4 is 11.8 Å². The molecule has 1 atom stereocenters. The number of carbonyl (C=O) groups is 2. The molecule has 0 bridgehead atoms. The molecule has 1 saturated heterocycles. The Morgan fingerprint density at radius 1 is 1.18 bits per heavy atom. The minimum absolute atomic E-state index is 0.209. The molecule has 150 valence electrons. The zero-order valence-electron chi connectivity index (χ0n) is 14.8. The lowest BCUT2D eigenvalue weighted by Crippen LogP contribution is -2.50. The Kier molecular flexibility index (Phi) is 5.63. The summed E-state index contributed by atoms with van der Waals surface area (Å²) in [6, 6.07) is 4.88. The van der Waals surface area contributed by atoms with Gasteiger partial charge in [0.25, 0.3) is 5.91 Å². The molecule has 0 aliphatic carbocycles. The lowest BCUT2D eigenvalue weighted by atomic mass is 10.1. The number of nitrogens with one attached hydrogen (secondary N) is 1. The highest BCUT2D eigenvalue weighted by molar-refractivity contribution is 5.97. The fourth-order valence-corrected chi connectivity index (χ4v) is 2.63. The number of alkyl halides is 3. The first kappa shape index (κ1) is 19.8. The molecule has 1 unspecified atom stereocenters. The second-order valence-electron chi connectivity index (χ2n) is 6.13. The van der Waals surface area contributed by atoms with Gasteiger partial charge in [-0.15, -0.1) is 0 Å². The molecule has 8 nitrogen and oxygen atoms in total. The van der Waals surface area contributed by atoms with Gasteiger partial charge in [-0.1, -0.05) is 17.3 Å². The van der Waals surface area contributed by atoms with Gasteiger partial charge >= 0.3 is 12.1 Å². The van der Waals surface area contributed by atoms with Crippen LogP contribution in [0.3, 0.4) is 0 Å². The summed E-state index contributed by atoms with van der Waals surface area (Å²) in [7, 11) is 0. The molecule has 1 fully saturated rings. The number of benzene rings is 1. The smallest absolute Gasteiger partial charge is 0.378 e. The minimum atomic E-state index is -4.73. The van der Waals surface area contributed by atoms with Crippen molar-refractivity contribution in [2.24, 2.45) is 0 Å². The Balaban J connectivity index is 1.63. The van der Waals surface area contributed by atoms with Gasteiger partial charge in [-0.25, -0.2) is 0 Å². The van der Waals surface area contributed by atoms with Crippen LogP contribution in [0.2, 0.25) is 0 Å². The lowest BCUT2D eigenvalue weighted by Gasteiger charge is -2.29. The molecule has 11 heteroatoms. The largest absolute Gasteiger partial charge is 0.471 e. The molecular weight excluding hydrogens is 381 g/mol. The number of aromatic nitrogens is 2. The highest BCUT2D eigenvalue weighted by Gasteiger charge is 2.38. The van der Waals surface area contributed by atoms with E-state index in [0.717, 1.165) is 0 Å². The van der Waals surface area contributed by atoms with Crippen LogP contribution < -0.4 is 5.32 Å². The fraction of sp³-hybridized carbons (Fsp3) is 0.412. The monoisotopic (exact) mass is 398 g/mol. The van der Waals surface area contributed by atoms with E-state index in [4.69, 9.17) is 4.74 Å². The summed E-state index contributed by atoms with van der Waals surface area (Å²) in [5.41, 5.74) is 0.498. The van der Waals surface area contributed by atoms with Crippen molar-refractivity contribution in [3.8, 4) is 11.4 Å². The van der Waals surface area contributed by atoms with Crippen molar-refractivity contribution < 1.29 is 32.0 Å².